The summed E-state index contributed by atoms with van der Waals surface area (Å²) >= 11 is 0. The predicted molar refractivity (Wildman–Crippen MR) is 84.8 cm³/mol. The second-order valence-electron chi connectivity index (χ2n) is 5.57. The van der Waals surface area contributed by atoms with Crippen molar-refractivity contribution in [3.63, 3.8) is 0 Å². The molecule has 0 aliphatic heterocycles. The molecular formula is C16H22FN3O2. The molecule has 1 aromatic carbocycles. The molecule has 6 heteroatoms. The van der Waals surface area contributed by atoms with Crippen LogP contribution in [0.1, 0.15) is 31.2 Å². The molecule has 0 saturated heterocycles. The van der Waals surface area contributed by atoms with Crippen molar-refractivity contribution in [1.29, 1.82) is 0 Å². The lowest BCUT2D eigenvalue weighted by Gasteiger charge is -2.14. The molecule has 5 nitrogen and oxygen atoms in total. The number of nitrogens with one attached hydrogen (secondary N) is 3. The molecule has 0 radical (unpaired) electrons. The zero-order chi connectivity index (χ0) is 15.9. The Bertz CT molecular complexity index is 542. The maximum Gasteiger partial charge on any atom is 0.319 e. The largest absolute Gasteiger partial charge is 0.335 e. The van der Waals surface area contributed by atoms with Crippen LogP contribution in [0, 0.1) is 12.8 Å². The summed E-state index contributed by atoms with van der Waals surface area (Å²) in [5.74, 6) is 0.125. The number of carbonyl (C=O) groups is 2. The van der Waals surface area contributed by atoms with Gasteiger partial charge in [-0.3, -0.25) is 4.79 Å². The summed E-state index contributed by atoms with van der Waals surface area (Å²) in [7, 11) is 0. The van der Waals surface area contributed by atoms with Gasteiger partial charge in [0.15, 0.2) is 0 Å². The quantitative estimate of drug-likeness (QED) is 0.781. The standard InChI is InChI=1S/C16H22FN3O2/c1-11-6-7-13(19-15(21)12-4-2-3-5-12)10-14(11)20-16(22)18-9-8-17/h6-7,10,12H,2-5,8-9H2,1H3,(H,19,21)(H2,18,20,22). The molecule has 0 heterocycles. The molecule has 0 unspecified atom stereocenters. The summed E-state index contributed by atoms with van der Waals surface area (Å²) in [4.78, 5) is 23.7. The molecule has 0 atom stereocenters. The first kappa shape index (κ1) is 16.3. The predicted octanol–water partition coefficient (Wildman–Crippen LogP) is 3.21. The summed E-state index contributed by atoms with van der Waals surface area (Å²) in [5.41, 5.74) is 2.12. The van der Waals surface area contributed by atoms with Gasteiger partial charge in [-0.05, 0) is 37.5 Å². The van der Waals surface area contributed by atoms with Crippen molar-refractivity contribution in [3.8, 4) is 0 Å². The fourth-order valence-corrected chi connectivity index (χ4v) is 2.59. The number of urea groups is 1. The first-order valence-corrected chi connectivity index (χ1v) is 7.62. The van der Waals surface area contributed by atoms with Crippen LogP contribution < -0.4 is 16.0 Å². The molecule has 0 bridgehead atoms. The summed E-state index contributed by atoms with van der Waals surface area (Å²) in [6.45, 7) is 1.22. The van der Waals surface area contributed by atoms with E-state index in [0.29, 0.717) is 11.4 Å². The average Bonchev–Trinajstić information content (AvgIpc) is 3.03. The van der Waals surface area contributed by atoms with Crippen LogP contribution in [0.2, 0.25) is 0 Å². The Morgan fingerprint density at radius 1 is 1.23 bits per heavy atom. The lowest BCUT2D eigenvalue weighted by atomic mass is 10.1. The maximum absolute atomic E-state index is 12.1. The van der Waals surface area contributed by atoms with Crippen LogP contribution in [0.4, 0.5) is 20.6 Å². The van der Waals surface area contributed by atoms with Crippen LogP contribution in [-0.4, -0.2) is 25.2 Å². The van der Waals surface area contributed by atoms with Crippen molar-refractivity contribution in [2.75, 3.05) is 23.9 Å². The van der Waals surface area contributed by atoms with E-state index in [0.717, 1.165) is 31.2 Å². The highest BCUT2D eigenvalue weighted by atomic mass is 19.1. The van der Waals surface area contributed by atoms with Crippen LogP contribution >= 0.6 is 0 Å². The molecule has 1 aliphatic carbocycles. The number of halogens is 1. The van der Waals surface area contributed by atoms with E-state index in [1.54, 1.807) is 6.07 Å². The third-order valence-corrected chi connectivity index (χ3v) is 3.86. The van der Waals surface area contributed by atoms with Crippen LogP contribution in [0.15, 0.2) is 18.2 Å². The van der Waals surface area contributed by atoms with E-state index < -0.39 is 12.7 Å². The van der Waals surface area contributed by atoms with Gasteiger partial charge in [-0.25, -0.2) is 9.18 Å². The van der Waals surface area contributed by atoms with Crippen LogP contribution in [-0.2, 0) is 4.79 Å². The highest BCUT2D eigenvalue weighted by Crippen LogP contribution is 2.27. The molecule has 3 amide bonds. The number of benzene rings is 1. The fourth-order valence-electron chi connectivity index (χ4n) is 2.59. The monoisotopic (exact) mass is 307 g/mol. The second kappa shape index (κ2) is 7.77. The second-order valence-corrected chi connectivity index (χ2v) is 5.57. The highest BCUT2D eigenvalue weighted by molar-refractivity contribution is 5.95. The summed E-state index contributed by atoms with van der Waals surface area (Å²) < 4.78 is 12.0. The molecule has 0 aromatic heterocycles. The summed E-state index contributed by atoms with van der Waals surface area (Å²) in [6.07, 6.45) is 4.09. The molecule has 1 saturated carbocycles. The van der Waals surface area contributed by atoms with Crippen molar-refractivity contribution >= 4 is 23.3 Å². The summed E-state index contributed by atoms with van der Waals surface area (Å²) in [5, 5.41) is 7.96. The first-order valence-electron chi connectivity index (χ1n) is 7.62. The van der Waals surface area contributed by atoms with Gasteiger partial charge in [0.2, 0.25) is 5.91 Å². The van der Waals surface area contributed by atoms with Gasteiger partial charge in [0, 0.05) is 23.8 Å². The molecule has 1 aliphatic rings. The SMILES string of the molecule is Cc1ccc(NC(=O)C2CCCC2)cc1NC(=O)NCCF. The number of rotatable bonds is 5. The number of carbonyl (C=O) groups excluding carboxylic acids is 2. The van der Waals surface area contributed by atoms with Gasteiger partial charge in [0.1, 0.15) is 6.67 Å². The van der Waals surface area contributed by atoms with Crippen molar-refractivity contribution in [1.82, 2.24) is 5.32 Å². The third-order valence-electron chi connectivity index (χ3n) is 3.86. The molecular weight excluding hydrogens is 285 g/mol. The lowest BCUT2D eigenvalue weighted by molar-refractivity contribution is -0.119. The zero-order valence-electron chi connectivity index (χ0n) is 12.7. The fraction of sp³-hybridized carbons (Fsp3) is 0.500. The van der Waals surface area contributed by atoms with E-state index in [1.807, 2.05) is 19.1 Å². The van der Waals surface area contributed by atoms with Crippen molar-refractivity contribution < 1.29 is 14.0 Å². The highest BCUT2D eigenvalue weighted by Gasteiger charge is 2.22. The van der Waals surface area contributed by atoms with Gasteiger partial charge in [-0.2, -0.15) is 0 Å². The van der Waals surface area contributed by atoms with Gasteiger partial charge in [0.05, 0.1) is 0 Å². The minimum atomic E-state index is -0.607. The number of hydrogen-bond acceptors (Lipinski definition) is 2. The Kier molecular flexibility index (Phi) is 5.75. The Morgan fingerprint density at radius 2 is 1.95 bits per heavy atom. The Labute approximate surface area is 129 Å². The molecule has 3 N–H and O–H groups in total. The van der Waals surface area contributed by atoms with E-state index in [4.69, 9.17) is 0 Å². The number of aryl methyl sites for hydroxylation is 1. The molecule has 22 heavy (non-hydrogen) atoms. The molecule has 120 valence electrons. The van der Waals surface area contributed by atoms with Crippen LogP contribution in [0.3, 0.4) is 0 Å². The van der Waals surface area contributed by atoms with Crippen molar-refractivity contribution in [3.05, 3.63) is 23.8 Å². The average molecular weight is 307 g/mol. The number of amides is 3. The number of alkyl halides is 1. The molecule has 2 rings (SSSR count). The van der Waals surface area contributed by atoms with Gasteiger partial charge in [-0.1, -0.05) is 18.9 Å². The minimum Gasteiger partial charge on any atom is -0.335 e. The van der Waals surface area contributed by atoms with Gasteiger partial charge < -0.3 is 16.0 Å². The van der Waals surface area contributed by atoms with E-state index >= 15 is 0 Å². The number of anilines is 2. The first-order chi connectivity index (χ1) is 10.6. The third kappa shape index (κ3) is 4.44. The van der Waals surface area contributed by atoms with Crippen molar-refractivity contribution in [2.24, 2.45) is 5.92 Å². The number of hydrogen-bond donors (Lipinski definition) is 3. The lowest BCUT2D eigenvalue weighted by Crippen LogP contribution is -2.30. The van der Waals surface area contributed by atoms with E-state index in [-0.39, 0.29) is 18.4 Å². The van der Waals surface area contributed by atoms with Crippen LogP contribution in [0.25, 0.3) is 0 Å². The Hall–Kier alpha value is -2.11. The minimum absolute atomic E-state index is 0.0248. The normalized spacial score (nSPS) is 14.6. The van der Waals surface area contributed by atoms with E-state index in [1.165, 1.54) is 0 Å². The molecule has 1 aromatic rings. The zero-order valence-corrected chi connectivity index (χ0v) is 12.7. The summed E-state index contributed by atoms with van der Waals surface area (Å²) in [6, 6.07) is 4.90. The van der Waals surface area contributed by atoms with E-state index in [2.05, 4.69) is 16.0 Å². The molecule has 1 fully saturated rings. The van der Waals surface area contributed by atoms with Crippen LogP contribution in [0.5, 0.6) is 0 Å². The topological polar surface area (TPSA) is 70.2 Å². The Morgan fingerprint density at radius 3 is 2.64 bits per heavy atom. The van der Waals surface area contributed by atoms with Gasteiger partial charge in [0.25, 0.3) is 0 Å². The maximum atomic E-state index is 12.1. The molecule has 0 spiro atoms. The Balaban J connectivity index is 1.99. The van der Waals surface area contributed by atoms with E-state index in [9.17, 15) is 14.0 Å². The van der Waals surface area contributed by atoms with Gasteiger partial charge >= 0.3 is 6.03 Å². The van der Waals surface area contributed by atoms with Crippen molar-refractivity contribution in [2.45, 2.75) is 32.6 Å². The smallest absolute Gasteiger partial charge is 0.319 e. The van der Waals surface area contributed by atoms with Gasteiger partial charge in [-0.15, -0.1) is 0 Å².